The maximum atomic E-state index is 14.1. The third kappa shape index (κ3) is 7.42. The largest absolute Gasteiger partial charge is 0.496 e. The van der Waals surface area contributed by atoms with Gasteiger partial charge in [-0.15, -0.1) is 0 Å². The highest BCUT2D eigenvalue weighted by atomic mass is 16.5. The zero-order valence-corrected chi connectivity index (χ0v) is 26.5. The van der Waals surface area contributed by atoms with Crippen LogP contribution in [0.4, 0.5) is 0 Å². The lowest BCUT2D eigenvalue weighted by Crippen LogP contribution is -2.35. The van der Waals surface area contributed by atoms with Crippen LogP contribution in [0.3, 0.4) is 0 Å². The number of allylic oxidation sites excluding steroid dienone is 3. The van der Waals surface area contributed by atoms with Gasteiger partial charge >= 0.3 is 0 Å². The Morgan fingerprint density at radius 1 is 0.933 bits per heavy atom. The summed E-state index contributed by atoms with van der Waals surface area (Å²) in [5, 5.41) is 14.2. The van der Waals surface area contributed by atoms with Crippen LogP contribution in [-0.4, -0.2) is 41.9 Å². The topological polar surface area (TPSA) is 132 Å². The van der Waals surface area contributed by atoms with Crippen LogP contribution in [0.15, 0.2) is 102 Å². The van der Waals surface area contributed by atoms with Gasteiger partial charge in [-0.2, -0.15) is 0 Å². The predicted molar refractivity (Wildman–Crippen MR) is 182 cm³/mol. The Morgan fingerprint density at radius 2 is 1.64 bits per heavy atom. The molecular weight excluding hydrogens is 568 g/mol. The number of fused-ring (bicyclic) bond motifs is 1. The number of carbonyl (C=O) groups is 2. The first-order valence-electron chi connectivity index (χ1n) is 15.0. The van der Waals surface area contributed by atoms with E-state index in [1.54, 1.807) is 7.11 Å². The number of hydrogen-bond acceptors (Lipinski definition) is 6. The van der Waals surface area contributed by atoms with Crippen LogP contribution in [0.25, 0.3) is 10.9 Å². The number of aliphatic hydroxyl groups excluding tert-OH is 1. The number of aliphatic hydroxyl groups is 1. The van der Waals surface area contributed by atoms with E-state index in [9.17, 15) is 9.90 Å². The predicted octanol–water partition coefficient (Wildman–Crippen LogP) is 6.76. The van der Waals surface area contributed by atoms with E-state index in [4.69, 9.17) is 14.3 Å². The molecule has 2 heterocycles. The highest BCUT2D eigenvalue weighted by Gasteiger charge is 2.39. The Balaban J connectivity index is 0.00000152. The number of methoxy groups -OCH3 is 1. The minimum Gasteiger partial charge on any atom is -0.496 e. The molecule has 0 saturated heterocycles. The third-order valence-corrected chi connectivity index (χ3v) is 8.18. The van der Waals surface area contributed by atoms with Crippen LogP contribution in [-0.2, 0) is 27.5 Å². The fourth-order valence-electron chi connectivity index (χ4n) is 6.30. The molecule has 1 aromatic heterocycles. The molecule has 1 aliphatic carbocycles. The minimum atomic E-state index is -0.203. The maximum absolute atomic E-state index is 14.1. The first-order valence-corrected chi connectivity index (χ1v) is 15.0. The van der Waals surface area contributed by atoms with Crippen molar-refractivity contribution in [1.82, 2.24) is 10.3 Å². The molecule has 6 rings (SSSR count). The summed E-state index contributed by atoms with van der Waals surface area (Å²) in [6.45, 7) is 8.88. The average molecular weight is 617 g/mol. The summed E-state index contributed by atoms with van der Waals surface area (Å²) in [5.74, 6) is 0.817. The first-order chi connectivity index (χ1) is 21.6. The van der Waals surface area contributed by atoms with Crippen molar-refractivity contribution >= 4 is 23.5 Å². The zero-order valence-electron chi connectivity index (χ0n) is 26.5. The molecular formula is C37H48N2O6. The van der Waals surface area contributed by atoms with Gasteiger partial charge in [-0.05, 0) is 59.4 Å². The molecule has 0 saturated carbocycles. The lowest BCUT2D eigenvalue weighted by molar-refractivity contribution is -0.116. The van der Waals surface area contributed by atoms with Crippen molar-refractivity contribution in [2.24, 2.45) is 0 Å². The molecule has 5 N–H and O–H groups in total. The lowest BCUT2D eigenvalue weighted by atomic mass is 9.71. The van der Waals surface area contributed by atoms with Crippen LogP contribution in [0.5, 0.6) is 5.75 Å². The number of dihydropyridines is 1. The number of Topliss-reactive ketones (excluding diaryl/α,β-unsaturated/α-hetero) is 1. The fraction of sp³-hybridized carbons (Fsp3) is 0.297. The van der Waals surface area contributed by atoms with Gasteiger partial charge in [0.1, 0.15) is 12.5 Å². The highest BCUT2D eigenvalue weighted by Crippen LogP contribution is 2.47. The first kappa shape index (κ1) is 35.0. The van der Waals surface area contributed by atoms with E-state index in [0.717, 1.165) is 67.9 Å². The van der Waals surface area contributed by atoms with E-state index in [1.807, 2.05) is 69.3 Å². The molecule has 0 fully saturated rings. The molecule has 0 spiro atoms. The minimum absolute atomic E-state index is 0. The molecule has 8 nitrogen and oxygen atoms in total. The molecule has 2 aliphatic rings. The summed E-state index contributed by atoms with van der Waals surface area (Å²) in [5.41, 5.74) is 9.00. The SMILES string of the molecule is C=O.CC.COc1ccccc1[C@H]1CC(=O)C2=C(C1)NC(C)=C(COCc1cccc(CO)c1)C2c1cccc2[nH]ccc12.O.[HH].[HH]. The second-order valence-electron chi connectivity index (χ2n) is 10.6. The van der Waals surface area contributed by atoms with Gasteiger partial charge in [0, 0.05) is 55.2 Å². The van der Waals surface area contributed by atoms with E-state index >= 15 is 0 Å². The molecule has 0 amide bonds. The Bertz CT molecular complexity index is 1670. The number of H-pyrrole nitrogens is 1. The van der Waals surface area contributed by atoms with E-state index in [-0.39, 0.29) is 32.6 Å². The number of ketones is 1. The van der Waals surface area contributed by atoms with Gasteiger partial charge in [-0.3, -0.25) is 4.79 Å². The monoisotopic (exact) mass is 616 g/mol. The summed E-state index contributed by atoms with van der Waals surface area (Å²) in [4.78, 5) is 25.4. The molecule has 0 radical (unpaired) electrons. The number of para-hydroxylation sites is 1. The molecule has 8 heteroatoms. The molecule has 3 aromatic carbocycles. The maximum Gasteiger partial charge on any atom is 0.162 e. The Kier molecular flexibility index (Phi) is 12.9. The second kappa shape index (κ2) is 16.5. The van der Waals surface area contributed by atoms with Crippen molar-refractivity contribution in [3.05, 3.63) is 124 Å². The highest BCUT2D eigenvalue weighted by molar-refractivity contribution is 6.01. The quantitative estimate of drug-likeness (QED) is 0.201. The van der Waals surface area contributed by atoms with Crippen LogP contribution in [0.2, 0.25) is 0 Å². The molecule has 242 valence electrons. The summed E-state index contributed by atoms with van der Waals surface area (Å²) in [6, 6.07) is 24.1. The Hall–Kier alpha value is -4.50. The van der Waals surface area contributed by atoms with Gasteiger partial charge in [0.15, 0.2) is 5.78 Å². The number of aromatic amines is 1. The standard InChI is InChI=1S/C34H34N2O4.C2H6.CH2O.H2O.2H2/c1-21-28(20-40-19-23-8-5-7-22(15-23)18-37)33(27-10-6-11-29-26(27)13-14-35-29)34-30(36-21)16-24(17-31(34)38)25-9-3-4-12-32(25)39-2;2*1-2;;;/h3-15,24,33,35-37H,16-20H2,1-2H3;1-2H3;1H2;1H2;2*1H/t24-,33?;;;;;/m1...../s1. The van der Waals surface area contributed by atoms with E-state index in [0.29, 0.717) is 19.6 Å². The van der Waals surface area contributed by atoms with E-state index < -0.39 is 0 Å². The number of rotatable bonds is 8. The number of carbonyl (C=O) groups excluding carboxylic acids is 2. The second-order valence-corrected chi connectivity index (χ2v) is 10.6. The van der Waals surface area contributed by atoms with Crippen molar-refractivity contribution in [2.45, 2.75) is 58.7 Å². The summed E-state index contributed by atoms with van der Waals surface area (Å²) < 4.78 is 11.9. The summed E-state index contributed by atoms with van der Waals surface area (Å²) in [6.07, 6.45) is 3.12. The van der Waals surface area contributed by atoms with Crippen LogP contribution in [0, 0.1) is 0 Å². The number of benzene rings is 3. The van der Waals surface area contributed by atoms with Crippen LogP contribution < -0.4 is 10.1 Å². The third-order valence-electron chi connectivity index (χ3n) is 8.18. The Labute approximate surface area is 268 Å². The van der Waals surface area contributed by atoms with Crippen molar-refractivity contribution in [3.63, 3.8) is 0 Å². The van der Waals surface area contributed by atoms with Gasteiger partial charge in [0.25, 0.3) is 0 Å². The van der Waals surface area contributed by atoms with Gasteiger partial charge in [-0.25, -0.2) is 0 Å². The van der Waals surface area contributed by atoms with Crippen molar-refractivity contribution in [3.8, 4) is 5.75 Å². The normalized spacial score (nSPS) is 17.2. The molecule has 1 unspecified atom stereocenters. The van der Waals surface area contributed by atoms with Gasteiger partial charge < -0.3 is 35.2 Å². The summed E-state index contributed by atoms with van der Waals surface area (Å²) in [7, 11) is 1.68. The molecule has 1 aliphatic heterocycles. The van der Waals surface area contributed by atoms with Gasteiger partial charge in [0.2, 0.25) is 0 Å². The fourth-order valence-corrected chi connectivity index (χ4v) is 6.30. The van der Waals surface area contributed by atoms with Crippen LogP contribution in [0.1, 0.15) is 70.6 Å². The van der Waals surface area contributed by atoms with Crippen molar-refractivity contribution in [1.29, 1.82) is 0 Å². The zero-order chi connectivity index (χ0) is 31.6. The number of hydrogen-bond donors (Lipinski definition) is 3. The summed E-state index contributed by atoms with van der Waals surface area (Å²) >= 11 is 0. The Morgan fingerprint density at radius 3 is 2.40 bits per heavy atom. The molecule has 0 bridgehead atoms. The average Bonchev–Trinajstić information content (AvgIpc) is 3.56. The van der Waals surface area contributed by atoms with Crippen LogP contribution >= 0.6 is 0 Å². The van der Waals surface area contributed by atoms with Crippen molar-refractivity contribution in [2.75, 3.05) is 13.7 Å². The molecule has 4 aromatic rings. The number of ether oxygens (including phenoxy) is 2. The number of nitrogens with one attached hydrogen (secondary N) is 2. The smallest absolute Gasteiger partial charge is 0.162 e. The van der Waals surface area contributed by atoms with E-state index in [1.165, 1.54) is 0 Å². The number of aromatic nitrogens is 1. The van der Waals surface area contributed by atoms with Gasteiger partial charge in [-0.1, -0.05) is 68.4 Å². The molecule has 2 atom stereocenters. The van der Waals surface area contributed by atoms with E-state index in [2.05, 4.69) is 47.6 Å². The lowest BCUT2D eigenvalue weighted by Gasteiger charge is -2.38. The van der Waals surface area contributed by atoms with Gasteiger partial charge in [0.05, 0.1) is 26.9 Å². The molecule has 45 heavy (non-hydrogen) atoms. The van der Waals surface area contributed by atoms with Crippen molar-refractivity contribution < 1.29 is 32.5 Å².